The van der Waals surface area contributed by atoms with E-state index in [1.807, 2.05) is 31.3 Å². The number of aromatic nitrogens is 2. The molecule has 1 aliphatic heterocycles. The molecule has 6 heteroatoms. The van der Waals surface area contributed by atoms with Gasteiger partial charge in [0.25, 0.3) is 5.89 Å². The van der Waals surface area contributed by atoms with Gasteiger partial charge in [-0.2, -0.15) is 4.98 Å². The van der Waals surface area contributed by atoms with E-state index in [1.54, 1.807) is 0 Å². The first-order valence-electron chi connectivity index (χ1n) is 6.22. The van der Waals surface area contributed by atoms with Gasteiger partial charge in [0.05, 0.1) is 0 Å². The average molecular weight is 261 g/mol. The van der Waals surface area contributed by atoms with Crippen LogP contribution in [0, 0.1) is 0 Å². The molecule has 0 aliphatic carbocycles. The molecule has 6 nitrogen and oxygen atoms in total. The number of hydrogen-bond donors (Lipinski definition) is 1. The van der Waals surface area contributed by atoms with Crippen LogP contribution >= 0.6 is 0 Å². The Morgan fingerprint density at radius 3 is 3.00 bits per heavy atom. The van der Waals surface area contributed by atoms with Gasteiger partial charge < -0.3 is 19.3 Å². The Balaban J connectivity index is 1.72. The summed E-state index contributed by atoms with van der Waals surface area (Å²) in [6.45, 7) is 1.19. The van der Waals surface area contributed by atoms with E-state index in [0.29, 0.717) is 24.1 Å². The molecule has 19 heavy (non-hydrogen) atoms. The van der Waals surface area contributed by atoms with Crippen molar-refractivity contribution in [1.29, 1.82) is 0 Å². The molecule has 0 saturated carbocycles. The SMILES string of the molecule is CNCCc1noc(C2COc3ccccc3O2)n1. The topological polar surface area (TPSA) is 69.4 Å². The third-order valence-corrected chi connectivity index (χ3v) is 2.87. The van der Waals surface area contributed by atoms with Crippen molar-refractivity contribution in [3.8, 4) is 11.5 Å². The molecule has 2 heterocycles. The van der Waals surface area contributed by atoms with Gasteiger partial charge in [0.15, 0.2) is 17.3 Å². The number of para-hydroxylation sites is 2. The number of likely N-dealkylation sites (N-methyl/N-ethyl adjacent to an activating group) is 1. The summed E-state index contributed by atoms with van der Waals surface area (Å²) in [7, 11) is 1.88. The first-order chi connectivity index (χ1) is 9.36. The lowest BCUT2D eigenvalue weighted by Gasteiger charge is -2.23. The van der Waals surface area contributed by atoms with Crippen LogP contribution in [-0.4, -0.2) is 30.3 Å². The second-order valence-corrected chi connectivity index (χ2v) is 4.27. The number of nitrogens with one attached hydrogen (secondary N) is 1. The molecule has 2 aromatic rings. The summed E-state index contributed by atoms with van der Waals surface area (Å²) in [4.78, 5) is 4.32. The first kappa shape index (κ1) is 12.0. The van der Waals surface area contributed by atoms with Gasteiger partial charge in [0.2, 0.25) is 6.10 Å². The fourth-order valence-electron chi connectivity index (χ4n) is 1.88. The summed E-state index contributed by atoms with van der Waals surface area (Å²) in [5.74, 6) is 2.58. The van der Waals surface area contributed by atoms with Crippen molar-refractivity contribution in [2.24, 2.45) is 0 Å². The lowest BCUT2D eigenvalue weighted by Crippen LogP contribution is -2.21. The van der Waals surface area contributed by atoms with Crippen LogP contribution in [0.25, 0.3) is 0 Å². The number of benzene rings is 1. The minimum absolute atomic E-state index is 0.342. The average Bonchev–Trinajstić information content (AvgIpc) is 2.93. The fraction of sp³-hybridized carbons (Fsp3) is 0.385. The third kappa shape index (κ3) is 2.53. The number of nitrogens with zero attached hydrogens (tertiary/aromatic N) is 2. The molecule has 1 N–H and O–H groups in total. The van der Waals surface area contributed by atoms with E-state index in [-0.39, 0.29) is 6.10 Å². The third-order valence-electron chi connectivity index (χ3n) is 2.87. The van der Waals surface area contributed by atoms with E-state index < -0.39 is 0 Å². The minimum Gasteiger partial charge on any atom is -0.485 e. The Morgan fingerprint density at radius 1 is 1.32 bits per heavy atom. The predicted octanol–water partition coefficient (Wildman–Crippen LogP) is 1.34. The minimum atomic E-state index is -0.342. The Morgan fingerprint density at radius 2 is 2.16 bits per heavy atom. The smallest absolute Gasteiger partial charge is 0.271 e. The molecule has 100 valence electrons. The van der Waals surface area contributed by atoms with Gasteiger partial charge in [-0.1, -0.05) is 17.3 Å². The highest BCUT2D eigenvalue weighted by Crippen LogP contribution is 2.35. The molecule has 3 rings (SSSR count). The molecule has 0 saturated heterocycles. The van der Waals surface area contributed by atoms with Crippen LogP contribution < -0.4 is 14.8 Å². The maximum absolute atomic E-state index is 5.80. The van der Waals surface area contributed by atoms with Crippen LogP contribution in [0.5, 0.6) is 11.5 Å². The van der Waals surface area contributed by atoms with Crippen LogP contribution in [0.2, 0.25) is 0 Å². The highest BCUT2D eigenvalue weighted by Gasteiger charge is 2.27. The van der Waals surface area contributed by atoms with Gasteiger partial charge in [-0.25, -0.2) is 0 Å². The molecular formula is C13H15N3O3. The molecule has 0 radical (unpaired) electrons. The summed E-state index contributed by atoms with van der Waals surface area (Å²) < 4.78 is 16.6. The Kier molecular flexibility index (Phi) is 3.33. The van der Waals surface area contributed by atoms with E-state index in [0.717, 1.165) is 18.7 Å². The molecule has 1 unspecified atom stereocenters. The van der Waals surface area contributed by atoms with Crippen LogP contribution in [0.3, 0.4) is 0 Å². The summed E-state index contributed by atoms with van der Waals surface area (Å²) in [5.41, 5.74) is 0. The Bertz CT molecular complexity index is 556. The van der Waals surface area contributed by atoms with Crippen LogP contribution in [-0.2, 0) is 6.42 Å². The van der Waals surface area contributed by atoms with E-state index >= 15 is 0 Å². The van der Waals surface area contributed by atoms with Gasteiger partial charge in [-0.05, 0) is 19.2 Å². The fourth-order valence-corrected chi connectivity index (χ4v) is 1.88. The zero-order valence-electron chi connectivity index (χ0n) is 10.6. The van der Waals surface area contributed by atoms with Crippen molar-refractivity contribution in [3.63, 3.8) is 0 Å². The van der Waals surface area contributed by atoms with Crippen molar-refractivity contribution >= 4 is 0 Å². The molecule has 0 bridgehead atoms. The van der Waals surface area contributed by atoms with Gasteiger partial charge in [0, 0.05) is 13.0 Å². The molecule has 1 aromatic heterocycles. The summed E-state index contributed by atoms with van der Waals surface area (Å²) in [6.07, 6.45) is 0.384. The van der Waals surface area contributed by atoms with Gasteiger partial charge in [-0.3, -0.25) is 0 Å². The van der Waals surface area contributed by atoms with Crippen molar-refractivity contribution < 1.29 is 14.0 Å². The van der Waals surface area contributed by atoms with E-state index in [9.17, 15) is 0 Å². The lowest BCUT2D eigenvalue weighted by molar-refractivity contribution is 0.0665. The van der Waals surface area contributed by atoms with Crippen LogP contribution in [0.15, 0.2) is 28.8 Å². The molecule has 0 fully saturated rings. The van der Waals surface area contributed by atoms with Crippen LogP contribution in [0.4, 0.5) is 0 Å². The summed E-state index contributed by atoms with van der Waals surface area (Å²) in [6, 6.07) is 7.54. The van der Waals surface area contributed by atoms with Gasteiger partial charge >= 0.3 is 0 Å². The number of rotatable bonds is 4. The van der Waals surface area contributed by atoms with E-state index in [2.05, 4.69) is 15.5 Å². The van der Waals surface area contributed by atoms with Crippen molar-refractivity contribution in [3.05, 3.63) is 36.0 Å². The first-order valence-corrected chi connectivity index (χ1v) is 6.22. The predicted molar refractivity (Wildman–Crippen MR) is 67.2 cm³/mol. The normalized spacial score (nSPS) is 17.4. The van der Waals surface area contributed by atoms with Crippen LogP contribution in [0.1, 0.15) is 17.8 Å². The number of fused-ring (bicyclic) bond motifs is 1. The summed E-state index contributed by atoms with van der Waals surface area (Å²) >= 11 is 0. The maximum atomic E-state index is 5.80. The molecule has 1 atom stereocenters. The largest absolute Gasteiger partial charge is 0.485 e. The van der Waals surface area contributed by atoms with Crippen molar-refractivity contribution in [1.82, 2.24) is 15.5 Å². The molecule has 1 aromatic carbocycles. The second-order valence-electron chi connectivity index (χ2n) is 4.27. The standard InChI is InChI=1S/C13H15N3O3/c1-14-7-6-12-15-13(19-16-12)11-8-17-9-4-2-3-5-10(9)18-11/h2-5,11,14H,6-8H2,1H3. The van der Waals surface area contributed by atoms with E-state index in [1.165, 1.54) is 0 Å². The highest BCUT2D eigenvalue weighted by molar-refractivity contribution is 5.40. The van der Waals surface area contributed by atoms with Crippen molar-refractivity contribution in [2.75, 3.05) is 20.2 Å². The zero-order chi connectivity index (χ0) is 13.1. The molecule has 0 amide bonds. The molecule has 0 spiro atoms. The highest BCUT2D eigenvalue weighted by atomic mass is 16.6. The van der Waals surface area contributed by atoms with Gasteiger partial charge in [-0.15, -0.1) is 0 Å². The lowest BCUT2D eigenvalue weighted by atomic mass is 10.2. The molecule has 1 aliphatic rings. The zero-order valence-corrected chi connectivity index (χ0v) is 10.6. The second kappa shape index (κ2) is 5.27. The van der Waals surface area contributed by atoms with Crippen molar-refractivity contribution in [2.45, 2.75) is 12.5 Å². The monoisotopic (exact) mass is 261 g/mol. The van der Waals surface area contributed by atoms with E-state index in [4.69, 9.17) is 14.0 Å². The number of hydrogen-bond acceptors (Lipinski definition) is 6. The summed E-state index contributed by atoms with van der Waals surface area (Å²) in [5, 5.41) is 6.96. The Hall–Kier alpha value is -2.08. The number of ether oxygens (including phenoxy) is 2. The Labute approximate surface area is 110 Å². The quantitative estimate of drug-likeness (QED) is 0.895. The van der Waals surface area contributed by atoms with Gasteiger partial charge in [0.1, 0.15) is 6.61 Å². The maximum Gasteiger partial charge on any atom is 0.271 e. The molecular weight excluding hydrogens is 246 g/mol.